The number of pyridine rings is 2. The Morgan fingerprint density at radius 3 is 1.44 bits per heavy atom. The number of allylic oxidation sites excluding steroid dienone is 2. The van der Waals surface area contributed by atoms with Gasteiger partial charge >= 0.3 is 5.97 Å². The van der Waals surface area contributed by atoms with Crippen molar-refractivity contribution in [1.82, 2.24) is 49.6 Å². The van der Waals surface area contributed by atoms with Gasteiger partial charge in [-0.15, -0.1) is 0 Å². The lowest BCUT2D eigenvalue weighted by Gasteiger charge is -2.40. The number of nitrogens with one attached hydrogen (secondary N) is 1. The van der Waals surface area contributed by atoms with Gasteiger partial charge in [0.1, 0.15) is 37.2 Å². The predicted octanol–water partition coefficient (Wildman–Crippen LogP) is 12.2. The van der Waals surface area contributed by atoms with Crippen molar-refractivity contribution < 1.29 is 24.3 Å². The van der Waals surface area contributed by atoms with Gasteiger partial charge in [0, 0.05) is 108 Å². The number of hydrogen-bond donors (Lipinski definition) is 2. The minimum absolute atomic E-state index is 0.0155. The van der Waals surface area contributed by atoms with E-state index in [1.807, 2.05) is 96.1 Å². The molecule has 12 rings (SSSR count). The van der Waals surface area contributed by atoms with E-state index in [0.29, 0.717) is 72.8 Å². The molecule has 2 aromatic heterocycles. The molecule has 0 bridgehead atoms. The van der Waals surface area contributed by atoms with Crippen LogP contribution in [0.15, 0.2) is 116 Å². The number of halogens is 4. The molecule has 10 atom stereocenters. The first-order valence-electron chi connectivity index (χ1n) is 30.9. The largest absolute Gasteiger partial charge is 0.477 e. The number of likely N-dealkylation sites (N-methyl/N-ethyl adjacent to an activating group) is 2. The number of piperazine rings is 2. The molecule has 2 N–H and O–H groups in total. The summed E-state index contributed by atoms with van der Waals surface area (Å²) in [6.45, 7) is 25.9. The van der Waals surface area contributed by atoms with Gasteiger partial charge in [-0.1, -0.05) is 110 Å². The summed E-state index contributed by atoms with van der Waals surface area (Å²) in [5, 5.41) is 16.7. The number of likely N-dealkylation sites (tertiary alicyclic amines) is 1. The average Bonchev–Trinajstić information content (AvgIpc) is 1.58. The standard InChI is InChI=1S/C33H40Cl2N6O2S.C21H19Cl2N3O2S.C12H23N3O/c1-19(2)27-28(31(43)40-20(3)7-13-25(40)30(42)39-16-15-38(6)21(4)18-39)44-32-37-33(5,23-10-14-26(35)36-17-23)29(41(27)32)22-8-11-24(34)12-9-22;1-11(2)16-17(19(27)28)29-20-25-21(3,13-6-9-15(23)24-10-13)18(26(16)20)12-4-7-14(22)8-5-12;1-9-4-5-11(13-9)12(16)15-7-6-14(3)10(2)8-15/h8-12,14,17,19-21,25,29H,7,13,15-16,18H2,1-6H3;4-11,18H,1-3H3,(H,27,28);9-11,13H,4-8H2,1-3H3/t20-,21-,25+,29-,33+;18-,21+;9-,10-,11+/m111/s1. The Kier molecular flexibility index (Phi) is 20.4. The monoisotopic (exact) mass is 1330 g/mol. The Morgan fingerprint density at radius 1 is 0.584 bits per heavy atom. The molecule has 0 spiro atoms. The minimum Gasteiger partial charge on any atom is -0.477 e. The van der Waals surface area contributed by atoms with Gasteiger partial charge in [-0.25, -0.2) is 24.7 Å². The molecule has 17 nitrogen and oxygen atoms in total. The van der Waals surface area contributed by atoms with Crippen LogP contribution in [0.3, 0.4) is 0 Å². The highest BCUT2D eigenvalue weighted by molar-refractivity contribution is 8.18. The predicted molar refractivity (Wildman–Crippen MR) is 359 cm³/mol. The van der Waals surface area contributed by atoms with Crippen LogP contribution in [0.2, 0.25) is 20.4 Å². The summed E-state index contributed by atoms with van der Waals surface area (Å²) in [5.41, 5.74) is 4.21. The number of carbonyl (C=O) groups is 4. The zero-order valence-corrected chi connectivity index (χ0v) is 57.4. The van der Waals surface area contributed by atoms with Crippen molar-refractivity contribution in [3.8, 4) is 0 Å². The van der Waals surface area contributed by atoms with E-state index in [9.17, 15) is 24.3 Å². The zero-order valence-electron chi connectivity index (χ0n) is 52.8. The third-order valence-corrected chi connectivity index (χ3v) is 22.0. The van der Waals surface area contributed by atoms with Crippen LogP contribution in [0.1, 0.15) is 129 Å². The molecule has 8 aliphatic rings. The number of amidine groups is 2. The lowest BCUT2D eigenvalue weighted by atomic mass is 9.81. The first kappa shape index (κ1) is 66.7. The minimum atomic E-state index is -0.930. The summed E-state index contributed by atoms with van der Waals surface area (Å²) < 4.78 is 0. The van der Waals surface area contributed by atoms with Crippen LogP contribution >= 0.6 is 69.9 Å². The highest BCUT2D eigenvalue weighted by Crippen LogP contribution is 2.58. The van der Waals surface area contributed by atoms with E-state index >= 15 is 0 Å². The van der Waals surface area contributed by atoms with Crippen molar-refractivity contribution in [3.05, 3.63) is 149 Å². The van der Waals surface area contributed by atoms with Gasteiger partial charge < -0.3 is 44.7 Å². The lowest BCUT2D eigenvalue weighted by Crippen LogP contribution is -2.57. The summed E-state index contributed by atoms with van der Waals surface area (Å²) in [7, 11) is 4.22. The van der Waals surface area contributed by atoms with E-state index in [2.05, 4.69) is 97.4 Å². The highest BCUT2D eigenvalue weighted by Gasteiger charge is 2.56. The Bertz CT molecular complexity index is 3450. The molecule has 4 aromatic rings. The van der Waals surface area contributed by atoms with Gasteiger partial charge in [0.2, 0.25) is 11.8 Å². The number of carboxylic acids is 1. The fourth-order valence-electron chi connectivity index (χ4n) is 13.6. The number of nitrogens with zero attached hydrogens (tertiary/aromatic N) is 11. The van der Waals surface area contributed by atoms with Gasteiger partial charge in [-0.2, -0.15) is 0 Å². The fourth-order valence-corrected chi connectivity index (χ4v) is 16.7. The highest BCUT2D eigenvalue weighted by atomic mass is 35.5. The van der Waals surface area contributed by atoms with Crippen molar-refractivity contribution in [3.63, 3.8) is 0 Å². The van der Waals surface area contributed by atoms with Crippen molar-refractivity contribution in [2.24, 2.45) is 21.8 Å². The smallest absolute Gasteiger partial charge is 0.344 e. The quantitative estimate of drug-likeness (QED) is 0.144. The molecule has 0 radical (unpaired) electrons. The van der Waals surface area contributed by atoms with Crippen molar-refractivity contribution in [2.75, 3.05) is 53.4 Å². The van der Waals surface area contributed by atoms with Crippen molar-refractivity contribution in [1.29, 1.82) is 0 Å². The van der Waals surface area contributed by atoms with Crippen LogP contribution in [0.5, 0.6) is 0 Å². The summed E-state index contributed by atoms with van der Waals surface area (Å²) in [5.74, 6) is -0.588. The Hall–Kier alpha value is -5.22. The molecule has 8 aliphatic heterocycles. The number of aromatic nitrogens is 2. The molecule has 3 amide bonds. The van der Waals surface area contributed by atoms with Crippen LogP contribution in [-0.4, -0.2) is 173 Å². The fraction of sp³-hybridized carbons (Fsp3) is 0.515. The van der Waals surface area contributed by atoms with E-state index in [0.717, 1.165) is 84.3 Å². The maximum atomic E-state index is 14.6. The van der Waals surface area contributed by atoms with E-state index < -0.39 is 23.1 Å². The summed E-state index contributed by atoms with van der Waals surface area (Å²) in [6, 6.07) is 23.3. The number of hydrogen-bond acceptors (Lipinski definition) is 15. The number of thioether (sulfide) groups is 2. The summed E-state index contributed by atoms with van der Waals surface area (Å²) in [4.78, 5) is 87.3. The molecule has 10 heterocycles. The topological polar surface area (TPSA) is 174 Å². The molecule has 476 valence electrons. The molecule has 0 saturated carbocycles. The van der Waals surface area contributed by atoms with Gasteiger partial charge in [-0.3, -0.25) is 14.4 Å². The molecule has 23 heteroatoms. The maximum Gasteiger partial charge on any atom is 0.344 e. The Morgan fingerprint density at radius 2 is 1.03 bits per heavy atom. The molecule has 4 saturated heterocycles. The van der Waals surface area contributed by atoms with E-state index in [4.69, 9.17) is 56.4 Å². The van der Waals surface area contributed by atoms with Gasteiger partial charge in [0.25, 0.3) is 5.91 Å². The van der Waals surface area contributed by atoms with Crippen LogP contribution in [-0.2, 0) is 30.3 Å². The zero-order chi connectivity index (χ0) is 64.1. The van der Waals surface area contributed by atoms with E-state index in [1.165, 1.54) is 23.5 Å². The molecule has 89 heavy (non-hydrogen) atoms. The van der Waals surface area contributed by atoms with Crippen LogP contribution in [0.4, 0.5) is 0 Å². The second kappa shape index (κ2) is 27.2. The molecular weight excluding hydrogens is 1250 g/mol. The molecule has 4 fully saturated rings. The average molecular weight is 1330 g/mol. The first-order chi connectivity index (χ1) is 42.2. The third kappa shape index (κ3) is 13.4. The van der Waals surface area contributed by atoms with Crippen LogP contribution in [0.25, 0.3) is 0 Å². The number of rotatable bonds is 10. The number of carboxylic acid groups (broad SMARTS) is 1. The molecular formula is C66H82Cl4N12O5S2. The number of benzene rings is 2. The van der Waals surface area contributed by atoms with Gasteiger partial charge in [-0.05, 0) is 164 Å². The molecule has 0 aliphatic carbocycles. The van der Waals surface area contributed by atoms with Gasteiger partial charge in [0.15, 0.2) is 10.3 Å². The Labute approximate surface area is 552 Å². The van der Waals surface area contributed by atoms with Crippen LogP contribution < -0.4 is 5.32 Å². The maximum absolute atomic E-state index is 14.6. The molecule has 2 aromatic carbocycles. The second-order valence-electron chi connectivity index (χ2n) is 25.8. The lowest BCUT2D eigenvalue weighted by molar-refractivity contribution is -0.144. The van der Waals surface area contributed by atoms with Gasteiger partial charge in [0.05, 0.1) is 18.1 Å². The SMILES string of the molecule is CC(C)C1=C(C(=O)N2[C@H](C)CC[C@H]2C(=O)N2CCN(C)[C@H](C)C2)SC2=N[C@@](C)(c3ccc(Cl)nc3)[C@@H](c3ccc(Cl)cc3)N21.CC(C)C1=C(C(=O)O)SC2=N[C@@](C)(c3ccc(Cl)nc3)[C@@H](c3ccc(Cl)cc3)N21.C[C@@H]1CC[C@@H](C(=O)N2CCN(C)[C@H](C)C2)N1. The third-order valence-electron chi connectivity index (χ3n) is 18.9. The first-order valence-corrected chi connectivity index (χ1v) is 34.0. The number of carbonyl (C=O) groups excluding carboxylic acids is 3. The number of amides is 3. The van der Waals surface area contributed by atoms with Crippen LogP contribution in [0, 0.1) is 11.8 Å². The van der Waals surface area contributed by atoms with Crippen molar-refractivity contribution in [2.45, 2.75) is 154 Å². The van der Waals surface area contributed by atoms with E-state index in [-0.39, 0.29) is 53.9 Å². The number of aliphatic carboxylic acids is 1. The number of aliphatic imine (C=N–C) groups is 2. The molecule has 0 unspecified atom stereocenters. The second-order valence-corrected chi connectivity index (χ2v) is 29.4. The summed E-state index contributed by atoms with van der Waals surface area (Å²) in [6.07, 6.45) is 7.13. The Balaban J connectivity index is 0.000000165. The summed E-state index contributed by atoms with van der Waals surface area (Å²) >= 11 is 27.2. The van der Waals surface area contributed by atoms with Crippen molar-refractivity contribution >= 4 is 104 Å². The van der Waals surface area contributed by atoms with E-state index in [1.54, 1.807) is 24.5 Å². The number of fused-ring (bicyclic) bond motifs is 2. The normalized spacial score (nSPS) is 28.7.